The van der Waals surface area contributed by atoms with Crippen molar-refractivity contribution in [1.82, 2.24) is 9.88 Å². The second-order valence-electron chi connectivity index (χ2n) is 5.88. The largest absolute Gasteiger partial charge is 0.396 e. The van der Waals surface area contributed by atoms with E-state index in [0.29, 0.717) is 5.69 Å². The van der Waals surface area contributed by atoms with Gasteiger partial charge in [-0.2, -0.15) is 0 Å². The standard InChI is InChI=1S/C16H21BrN4/c1-21-6-4-11(5-7-21)9-20-16-13-8-12(17)2-3-15(13)19-10-14(16)18/h2-3,8,10-11H,4-7,9,18H2,1H3,(H,19,20). The summed E-state index contributed by atoms with van der Waals surface area (Å²) in [4.78, 5) is 6.79. The van der Waals surface area contributed by atoms with Crippen LogP contribution in [0.15, 0.2) is 28.9 Å². The van der Waals surface area contributed by atoms with E-state index in [9.17, 15) is 0 Å². The first-order chi connectivity index (χ1) is 10.1. The molecule has 0 spiro atoms. The number of nitrogens with zero attached hydrogens (tertiary/aromatic N) is 2. The number of likely N-dealkylation sites (tertiary alicyclic amines) is 1. The van der Waals surface area contributed by atoms with Crippen LogP contribution in [0.2, 0.25) is 0 Å². The molecule has 0 bridgehead atoms. The molecule has 1 aliphatic rings. The number of pyridine rings is 1. The summed E-state index contributed by atoms with van der Waals surface area (Å²) >= 11 is 3.52. The van der Waals surface area contributed by atoms with Gasteiger partial charge in [-0.15, -0.1) is 0 Å². The number of halogens is 1. The van der Waals surface area contributed by atoms with Gasteiger partial charge in [0.25, 0.3) is 0 Å². The van der Waals surface area contributed by atoms with Gasteiger partial charge in [-0.05, 0) is 57.1 Å². The molecular weight excluding hydrogens is 328 g/mol. The van der Waals surface area contributed by atoms with Crippen LogP contribution in [0.25, 0.3) is 10.9 Å². The molecule has 0 atom stereocenters. The minimum absolute atomic E-state index is 0.716. The van der Waals surface area contributed by atoms with Crippen LogP contribution in [0, 0.1) is 5.92 Å². The number of fused-ring (bicyclic) bond motifs is 1. The topological polar surface area (TPSA) is 54.2 Å². The first-order valence-corrected chi connectivity index (χ1v) is 8.19. The summed E-state index contributed by atoms with van der Waals surface area (Å²) < 4.78 is 1.05. The van der Waals surface area contributed by atoms with Crippen LogP contribution in [-0.2, 0) is 0 Å². The van der Waals surface area contributed by atoms with E-state index in [1.807, 2.05) is 12.1 Å². The number of anilines is 2. The lowest BCUT2D eigenvalue weighted by atomic mass is 9.97. The highest BCUT2D eigenvalue weighted by molar-refractivity contribution is 9.10. The Hall–Kier alpha value is -1.33. The van der Waals surface area contributed by atoms with Crippen LogP contribution >= 0.6 is 15.9 Å². The Morgan fingerprint density at radius 2 is 2.14 bits per heavy atom. The quantitative estimate of drug-likeness (QED) is 0.893. The van der Waals surface area contributed by atoms with Gasteiger partial charge in [0, 0.05) is 16.4 Å². The smallest absolute Gasteiger partial charge is 0.0743 e. The number of benzene rings is 1. The second kappa shape index (κ2) is 6.20. The van der Waals surface area contributed by atoms with E-state index in [1.54, 1.807) is 6.20 Å². The van der Waals surface area contributed by atoms with Crippen molar-refractivity contribution >= 4 is 38.2 Å². The van der Waals surface area contributed by atoms with Gasteiger partial charge >= 0.3 is 0 Å². The number of aromatic nitrogens is 1. The summed E-state index contributed by atoms with van der Waals surface area (Å²) in [6, 6.07) is 6.10. The Bertz CT molecular complexity index is 630. The van der Waals surface area contributed by atoms with E-state index >= 15 is 0 Å². The van der Waals surface area contributed by atoms with Gasteiger partial charge in [-0.3, -0.25) is 4.98 Å². The van der Waals surface area contributed by atoms with E-state index in [1.165, 1.54) is 25.9 Å². The van der Waals surface area contributed by atoms with Crippen LogP contribution in [-0.4, -0.2) is 36.6 Å². The van der Waals surface area contributed by atoms with Crippen molar-refractivity contribution in [2.24, 2.45) is 5.92 Å². The molecule has 112 valence electrons. The highest BCUT2D eigenvalue weighted by Gasteiger charge is 2.17. The third kappa shape index (κ3) is 3.30. The van der Waals surface area contributed by atoms with Crippen molar-refractivity contribution in [2.45, 2.75) is 12.8 Å². The molecule has 3 rings (SSSR count). The molecule has 2 aromatic rings. The summed E-state index contributed by atoms with van der Waals surface area (Å²) in [5.74, 6) is 0.718. The zero-order valence-corrected chi connectivity index (χ0v) is 13.9. The lowest BCUT2D eigenvalue weighted by Gasteiger charge is -2.29. The van der Waals surface area contributed by atoms with Crippen molar-refractivity contribution in [2.75, 3.05) is 37.7 Å². The zero-order chi connectivity index (χ0) is 14.8. The van der Waals surface area contributed by atoms with E-state index in [0.717, 1.165) is 33.5 Å². The maximum Gasteiger partial charge on any atom is 0.0743 e. The van der Waals surface area contributed by atoms with Crippen LogP contribution in [0.4, 0.5) is 11.4 Å². The molecule has 1 aromatic carbocycles. The molecule has 1 aromatic heterocycles. The van der Waals surface area contributed by atoms with Gasteiger partial charge in [-0.1, -0.05) is 15.9 Å². The molecule has 1 aliphatic heterocycles. The highest BCUT2D eigenvalue weighted by Crippen LogP contribution is 2.30. The summed E-state index contributed by atoms with van der Waals surface area (Å²) in [5, 5.41) is 4.64. The van der Waals surface area contributed by atoms with Crippen molar-refractivity contribution < 1.29 is 0 Å². The van der Waals surface area contributed by atoms with Crippen molar-refractivity contribution in [3.05, 3.63) is 28.9 Å². The van der Waals surface area contributed by atoms with Gasteiger partial charge < -0.3 is 16.0 Å². The molecule has 4 nitrogen and oxygen atoms in total. The number of piperidine rings is 1. The van der Waals surface area contributed by atoms with Crippen LogP contribution in [0.1, 0.15) is 12.8 Å². The number of nitrogens with one attached hydrogen (secondary N) is 1. The Balaban J connectivity index is 1.79. The monoisotopic (exact) mass is 348 g/mol. The van der Waals surface area contributed by atoms with Gasteiger partial charge in [0.1, 0.15) is 0 Å². The molecule has 2 heterocycles. The van der Waals surface area contributed by atoms with Crippen LogP contribution in [0.3, 0.4) is 0 Å². The van der Waals surface area contributed by atoms with Crippen LogP contribution < -0.4 is 11.1 Å². The van der Waals surface area contributed by atoms with Gasteiger partial charge in [-0.25, -0.2) is 0 Å². The molecular formula is C16H21BrN4. The molecule has 0 amide bonds. The maximum absolute atomic E-state index is 6.13. The van der Waals surface area contributed by atoms with Gasteiger partial charge in [0.05, 0.1) is 23.1 Å². The maximum atomic E-state index is 6.13. The SMILES string of the molecule is CN1CCC(CNc2c(N)cnc3ccc(Br)cc23)CC1. The minimum Gasteiger partial charge on any atom is -0.396 e. The number of hydrogen-bond donors (Lipinski definition) is 2. The summed E-state index contributed by atoms with van der Waals surface area (Å²) in [7, 11) is 2.19. The Kier molecular flexibility index (Phi) is 4.31. The van der Waals surface area contributed by atoms with Gasteiger partial charge in [0.15, 0.2) is 0 Å². The van der Waals surface area contributed by atoms with E-state index in [4.69, 9.17) is 5.73 Å². The highest BCUT2D eigenvalue weighted by atomic mass is 79.9. The predicted octanol–water partition coefficient (Wildman–Crippen LogP) is 3.33. The lowest BCUT2D eigenvalue weighted by molar-refractivity contribution is 0.226. The van der Waals surface area contributed by atoms with Crippen molar-refractivity contribution in [3.63, 3.8) is 0 Å². The molecule has 5 heteroatoms. The summed E-state index contributed by atoms with van der Waals surface area (Å²) in [5.41, 5.74) is 8.83. The lowest BCUT2D eigenvalue weighted by Crippen LogP contribution is -2.33. The fraction of sp³-hybridized carbons (Fsp3) is 0.438. The van der Waals surface area contributed by atoms with Crippen molar-refractivity contribution in [3.8, 4) is 0 Å². The third-order valence-electron chi connectivity index (χ3n) is 4.26. The Morgan fingerprint density at radius 3 is 2.90 bits per heavy atom. The first-order valence-electron chi connectivity index (χ1n) is 7.39. The van der Waals surface area contributed by atoms with E-state index in [-0.39, 0.29) is 0 Å². The fourth-order valence-electron chi connectivity index (χ4n) is 2.89. The predicted molar refractivity (Wildman–Crippen MR) is 92.6 cm³/mol. The number of hydrogen-bond acceptors (Lipinski definition) is 4. The molecule has 0 radical (unpaired) electrons. The zero-order valence-electron chi connectivity index (χ0n) is 12.3. The second-order valence-corrected chi connectivity index (χ2v) is 6.79. The fourth-order valence-corrected chi connectivity index (χ4v) is 3.25. The van der Waals surface area contributed by atoms with Gasteiger partial charge in [0.2, 0.25) is 0 Å². The van der Waals surface area contributed by atoms with Crippen LogP contribution in [0.5, 0.6) is 0 Å². The minimum atomic E-state index is 0.716. The number of nitrogen functional groups attached to an aromatic ring is 1. The van der Waals surface area contributed by atoms with E-state index < -0.39 is 0 Å². The molecule has 0 aliphatic carbocycles. The Labute approximate surface area is 133 Å². The number of nitrogens with two attached hydrogens (primary N) is 1. The summed E-state index contributed by atoms with van der Waals surface area (Å²) in [6.07, 6.45) is 4.24. The molecule has 0 unspecified atom stereocenters. The normalized spacial score (nSPS) is 17.2. The summed E-state index contributed by atoms with van der Waals surface area (Å²) in [6.45, 7) is 3.35. The third-order valence-corrected chi connectivity index (χ3v) is 4.76. The molecule has 21 heavy (non-hydrogen) atoms. The average molecular weight is 349 g/mol. The number of rotatable bonds is 3. The van der Waals surface area contributed by atoms with Crippen molar-refractivity contribution in [1.29, 1.82) is 0 Å². The van der Waals surface area contributed by atoms with E-state index in [2.05, 4.69) is 44.2 Å². The molecule has 1 fully saturated rings. The first kappa shape index (κ1) is 14.6. The molecule has 1 saturated heterocycles. The molecule has 0 saturated carbocycles. The average Bonchev–Trinajstić information content (AvgIpc) is 2.48. The Morgan fingerprint density at radius 1 is 1.38 bits per heavy atom. The molecule has 3 N–H and O–H groups in total.